The second-order valence-electron chi connectivity index (χ2n) is 4.58. The zero-order valence-electron chi connectivity index (χ0n) is 9.51. The largest absolute Gasteiger partial charge is 0.377 e. The molecule has 3 N–H and O–H groups in total. The third-order valence-corrected chi connectivity index (χ3v) is 4.92. The van der Waals surface area contributed by atoms with E-state index < -0.39 is 9.84 Å². The lowest BCUT2D eigenvalue weighted by atomic mass is 10.1. The highest BCUT2D eigenvalue weighted by molar-refractivity contribution is 7.91. The predicted octanol–water partition coefficient (Wildman–Crippen LogP) is 0.399. The lowest BCUT2D eigenvalue weighted by molar-refractivity contribution is 0.248. The van der Waals surface area contributed by atoms with Gasteiger partial charge in [0, 0.05) is 0 Å². The molecule has 1 aromatic rings. The van der Waals surface area contributed by atoms with Crippen molar-refractivity contribution in [3.63, 3.8) is 0 Å². The van der Waals surface area contributed by atoms with Crippen LogP contribution in [0.3, 0.4) is 0 Å². The highest BCUT2D eigenvalue weighted by Gasteiger charge is 2.39. The summed E-state index contributed by atoms with van der Waals surface area (Å²) >= 11 is 0. The number of anilines is 2. The molecule has 0 saturated carbocycles. The van der Waals surface area contributed by atoms with E-state index in [-0.39, 0.29) is 29.6 Å². The standard InChI is InChI=1S/C11H13N3O3S/c15-11-13-8-4-2-1-3-7(8)12-9-5-18(16,17)6-10(9)14-11/h1-4,9-10,12H,5-6H2,(H2,13,14,15)/t9-,10+/m1/s1. The second kappa shape index (κ2) is 3.88. The summed E-state index contributed by atoms with van der Waals surface area (Å²) in [5.74, 6) is 0.0343. The number of fused-ring (bicyclic) bond motifs is 2. The number of nitrogens with one attached hydrogen (secondary N) is 3. The molecule has 2 atom stereocenters. The highest BCUT2D eigenvalue weighted by Crippen LogP contribution is 2.26. The van der Waals surface area contributed by atoms with Crippen molar-refractivity contribution in [1.29, 1.82) is 0 Å². The van der Waals surface area contributed by atoms with Crippen LogP contribution in [-0.2, 0) is 9.84 Å². The van der Waals surface area contributed by atoms with Gasteiger partial charge in [0.2, 0.25) is 0 Å². The summed E-state index contributed by atoms with van der Waals surface area (Å²) in [6.07, 6.45) is 0. The van der Waals surface area contributed by atoms with Crippen LogP contribution in [0.5, 0.6) is 0 Å². The third kappa shape index (κ3) is 2.01. The van der Waals surface area contributed by atoms with Crippen LogP contribution in [0.25, 0.3) is 0 Å². The quantitative estimate of drug-likeness (QED) is 0.635. The molecule has 1 fully saturated rings. The monoisotopic (exact) mass is 267 g/mol. The first kappa shape index (κ1) is 11.3. The molecule has 0 radical (unpaired) electrons. The first-order valence-electron chi connectivity index (χ1n) is 5.67. The Bertz CT molecular complexity index is 599. The van der Waals surface area contributed by atoms with Gasteiger partial charge in [-0.25, -0.2) is 13.2 Å². The van der Waals surface area contributed by atoms with Gasteiger partial charge in [-0.2, -0.15) is 0 Å². The first-order chi connectivity index (χ1) is 8.53. The predicted molar refractivity (Wildman–Crippen MR) is 68.4 cm³/mol. The van der Waals surface area contributed by atoms with E-state index in [4.69, 9.17) is 0 Å². The van der Waals surface area contributed by atoms with Crippen molar-refractivity contribution in [1.82, 2.24) is 5.32 Å². The summed E-state index contributed by atoms with van der Waals surface area (Å²) in [6.45, 7) is 0. The molecule has 2 aliphatic rings. The molecule has 7 heteroatoms. The molecule has 2 amide bonds. The van der Waals surface area contributed by atoms with Crippen LogP contribution in [0.15, 0.2) is 24.3 Å². The molecule has 0 aromatic heterocycles. The maximum absolute atomic E-state index is 11.7. The molecule has 96 valence electrons. The fourth-order valence-electron chi connectivity index (χ4n) is 2.38. The van der Waals surface area contributed by atoms with E-state index in [1.807, 2.05) is 18.2 Å². The fraction of sp³-hybridized carbons (Fsp3) is 0.364. The Labute approximate surface area is 105 Å². The van der Waals surface area contributed by atoms with Crippen LogP contribution < -0.4 is 16.0 Å². The van der Waals surface area contributed by atoms with E-state index in [1.54, 1.807) is 6.07 Å². The average Bonchev–Trinajstić information content (AvgIpc) is 2.53. The van der Waals surface area contributed by atoms with E-state index in [1.165, 1.54) is 0 Å². The molecule has 1 aromatic carbocycles. The van der Waals surface area contributed by atoms with Crippen molar-refractivity contribution in [2.24, 2.45) is 0 Å². The van der Waals surface area contributed by atoms with Gasteiger partial charge < -0.3 is 16.0 Å². The zero-order valence-corrected chi connectivity index (χ0v) is 10.3. The maximum atomic E-state index is 11.7. The van der Waals surface area contributed by atoms with Crippen LogP contribution >= 0.6 is 0 Å². The van der Waals surface area contributed by atoms with Gasteiger partial charge >= 0.3 is 6.03 Å². The van der Waals surface area contributed by atoms with Crippen LogP contribution in [0.4, 0.5) is 16.2 Å². The number of amides is 2. The summed E-state index contributed by atoms with van der Waals surface area (Å²) in [5, 5.41) is 8.56. The van der Waals surface area contributed by atoms with Crippen LogP contribution in [-0.4, -0.2) is 38.0 Å². The second-order valence-corrected chi connectivity index (χ2v) is 6.73. The van der Waals surface area contributed by atoms with Crippen molar-refractivity contribution in [3.8, 4) is 0 Å². The van der Waals surface area contributed by atoms with Crippen molar-refractivity contribution in [3.05, 3.63) is 24.3 Å². The lowest BCUT2D eigenvalue weighted by Crippen LogP contribution is -2.49. The van der Waals surface area contributed by atoms with Gasteiger partial charge in [-0.1, -0.05) is 12.1 Å². The summed E-state index contributed by atoms with van der Waals surface area (Å²) in [6, 6.07) is 6.22. The lowest BCUT2D eigenvalue weighted by Gasteiger charge is -2.26. The number of carbonyl (C=O) groups excluding carboxylic acids is 1. The van der Waals surface area contributed by atoms with Gasteiger partial charge in [-0.3, -0.25) is 0 Å². The molecule has 6 nitrogen and oxygen atoms in total. The Hall–Kier alpha value is -1.76. The number of benzene rings is 1. The molecule has 1 saturated heterocycles. The summed E-state index contributed by atoms with van der Waals surface area (Å²) < 4.78 is 23.3. The maximum Gasteiger partial charge on any atom is 0.319 e. The molecular formula is C11H13N3O3S. The van der Waals surface area contributed by atoms with Gasteiger partial charge in [-0.05, 0) is 12.1 Å². The Kier molecular flexibility index (Phi) is 2.44. The fourth-order valence-corrected chi connectivity index (χ4v) is 4.24. The number of para-hydroxylation sites is 2. The number of sulfone groups is 1. The molecule has 2 heterocycles. The van der Waals surface area contributed by atoms with Crippen molar-refractivity contribution < 1.29 is 13.2 Å². The highest BCUT2D eigenvalue weighted by atomic mass is 32.2. The minimum Gasteiger partial charge on any atom is -0.377 e. The Morgan fingerprint density at radius 2 is 1.61 bits per heavy atom. The molecular weight excluding hydrogens is 254 g/mol. The average molecular weight is 267 g/mol. The number of urea groups is 1. The summed E-state index contributed by atoms with van der Waals surface area (Å²) in [7, 11) is -3.09. The summed E-state index contributed by atoms with van der Waals surface area (Å²) in [5.41, 5.74) is 1.40. The van der Waals surface area contributed by atoms with Crippen LogP contribution in [0.1, 0.15) is 0 Å². The van der Waals surface area contributed by atoms with Crippen molar-refractivity contribution >= 4 is 27.2 Å². The van der Waals surface area contributed by atoms with E-state index in [2.05, 4.69) is 16.0 Å². The first-order valence-corrected chi connectivity index (χ1v) is 7.49. The normalized spacial score (nSPS) is 28.8. The smallest absolute Gasteiger partial charge is 0.319 e. The molecule has 2 aliphatic heterocycles. The van der Waals surface area contributed by atoms with E-state index in [9.17, 15) is 13.2 Å². The molecule has 3 rings (SSSR count). The third-order valence-electron chi connectivity index (χ3n) is 3.19. The number of carbonyl (C=O) groups is 1. The zero-order chi connectivity index (χ0) is 12.8. The summed E-state index contributed by atoms with van der Waals surface area (Å²) in [4.78, 5) is 11.7. The van der Waals surface area contributed by atoms with Gasteiger partial charge in [0.05, 0.1) is 35.0 Å². The van der Waals surface area contributed by atoms with Crippen molar-refractivity contribution in [2.45, 2.75) is 12.1 Å². The van der Waals surface area contributed by atoms with Crippen LogP contribution in [0, 0.1) is 0 Å². The molecule has 0 bridgehead atoms. The number of rotatable bonds is 0. The molecule has 0 unspecified atom stereocenters. The van der Waals surface area contributed by atoms with Gasteiger partial charge in [-0.15, -0.1) is 0 Å². The Morgan fingerprint density at radius 1 is 1.00 bits per heavy atom. The number of hydrogen-bond acceptors (Lipinski definition) is 4. The van der Waals surface area contributed by atoms with E-state index in [0.717, 1.165) is 5.69 Å². The van der Waals surface area contributed by atoms with Gasteiger partial charge in [0.15, 0.2) is 9.84 Å². The van der Waals surface area contributed by atoms with Crippen molar-refractivity contribution in [2.75, 3.05) is 22.1 Å². The van der Waals surface area contributed by atoms with Crippen LogP contribution in [0.2, 0.25) is 0 Å². The topological polar surface area (TPSA) is 87.3 Å². The van der Waals surface area contributed by atoms with Gasteiger partial charge in [0.25, 0.3) is 0 Å². The van der Waals surface area contributed by atoms with Gasteiger partial charge in [0.1, 0.15) is 0 Å². The minimum absolute atomic E-state index is 0.0136. The SMILES string of the molecule is O=C1Nc2ccccc2N[C@@H]2CS(=O)(=O)C[C@@H]2N1. The number of hydrogen-bond donors (Lipinski definition) is 3. The Balaban J connectivity index is 1.99. The molecule has 18 heavy (non-hydrogen) atoms. The van der Waals surface area contributed by atoms with E-state index in [0.29, 0.717) is 5.69 Å². The molecule has 0 aliphatic carbocycles. The van der Waals surface area contributed by atoms with E-state index >= 15 is 0 Å². The Morgan fingerprint density at radius 3 is 2.33 bits per heavy atom. The molecule has 0 spiro atoms. The minimum atomic E-state index is -3.09.